The van der Waals surface area contributed by atoms with Crippen LogP contribution < -0.4 is 10.5 Å². The lowest BCUT2D eigenvalue weighted by molar-refractivity contribution is 0.458. The Balaban J connectivity index is 2.40. The van der Waals surface area contributed by atoms with Crippen molar-refractivity contribution in [1.29, 1.82) is 0 Å². The number of rotatable bonds is 2. The van der Waals surface area contributed by atoms with Crippen molar-refractivity contribution in [3.05, 3.63) is 38.5 Å². The SMILES string of the molecule is Cc1c(N)ncnc1Oc1cc(Cl)c(Br)cc1Cl. The minimum atomic E-state index is 0.350. The first-order chi connectivity index (χ1) is 8.49. The Labute approximate surface area is 122 Å². The molecule has 2 rings (SSSR count). The zero-order valence-electron chi connectivity index (χ0n) is 9.25. The molecule has 0 saturated heterocycles. The van der Waals surface area contributed by atoms with Crippen LogP contribution in [0.15, 0.2) is 22.9 Å². The second-order valence-electron chi connectivity index (χ2n) is 3.49. The summed E-state index contributed by atoms with van der Waals surface area (Å²) >= 11 is 15.3. The Morgan fingerprint density at radius 2 is 1.94 bits per heavy atom. The van der Waals surface area contributed by atoms with Crippen LogP contribution in [0.2, 0.25) is 10.0 Å². The van der Waals surface area contributed by atoms with E-state index in [1.165, 1.54) is 6.33 Å². The standard InChI is InChI=1S/C11H8BrCl2N3O/c1-5-10(15)16-4-17-11(5)18-9-3-7(13)6(12)2-8(9)14/h2-4H,1H3,(H2,15,16,17). The normalized spacial score (nSPS) is 10.4. The van der Waals surface area contributed by atoms with Crippen molar-refractivity contribution in [2.75, 3.05) is 5.73 Å². The first-order valence-electron chi connectivity index (χ1n) is 4.88. The van der Waals surface area contributed by atoms with Gasteiger partial charge in [0.2, 0.25) is 5.88 Å². The van der Waals surface area contributed by atoms with Gasteiger partial charge in [-0.2, -0.15) is 0 Å². The van der Waals surface area contributed by atoms with Gasteiger partial charge in [0.25, 0.3) is 0 Å². The van der Waals surface area contributed by atoms with E-state index in [2.05, 4.69) is 25.9 Å². The molecule has 1 aromatic heterocycles. The summed E-state index contributed by atoms with van der Waals surface area (Å²) in [5.41, 5.74) is 6.31. The average Bonchev–Trinajstić information content (AvgIpc) is 2.32. The molecule has 0 fully saturated rings. The smallest absolute Gasteiger partial charge is 0.227 e. The van der Waals surface area contributed by atoms with E-state index in [4.69, 9.17) is 33.7 Å². The summed E-state index contributed by atoms with van der Waals surface area (Å²) in [5.74, 6) is 1.12. The first-order valence-corrected chi connectivity index (χ1v) is 6.43. The molecule has 0 saturated carbocycles. The van der Waals surface area contributed by atoms with Gasteiger partial charge in [0.15, 0.2) is 0 Å². The van der Waals surface area contributed by atoms with E-state index in [1.54, 1.807) is 19.1 Å². The number of benzene rings is 1. The highest BCUT2D eigenvalue weighted by molar-refractivity contribution is 9.10. The molecule has 7 heteroatoms. The predicted octanol–water partition coefficient (Wildman–Crippen LogP) is 4.23. The van der Waals surface area contributed by atoms with Crippen LogP contribution in [-0.4, -0.2) is 9.97 Å². The third-order valence-electron chi connectivity index (χ3n) is 2.26. The minimum Gasteiger partial charge on any atom is -0.437 e. The molecule has 0 atom stereocenters. The molecule has 0 aliphatic heterocycles. The summed E-state index contributed by atoms with van der Waals surface area (Å²) in [5, 5.41) is 0.914. The van der Waals surface area contributed by atoms with Gasteiger partial charge in [0, 0.05) is 10.5 Å². The molecule has 0 spiro atoms. The van der Waals surface area contributed by atoms with Gasteiger partial charge in [0.1, 0.15) is 17.9 Å². The van der Waals surface area contributed by atoms with Crippen LogP contribution in [0.3, 0.4) is 0 Å². The zero-order valence-corrected chi connectivity index (χ0v) is 12.3. The molecule has 94 valence electrons. The van der Waals surface area contributed by atoms with Crippen molar-refractivity contribution >= 4 is 44.9 Å². The van der Waals surface area contributed by atoms with Crippen LogP contribution in [0.4, 0.5) is 5.82 Å². The molecule has 4 nitrogen and oxygen atoms in total. The molecule has 2 N–H and O–H groups in total. The molecule has 0 amide bonds. The van der Waals surface area contributed by atoms with Gasteiger partial charge < -0.3 is 10.5 Å². The summed E-state index contributed by atoms with van der Waals surface area (Å²) in [6.07, 6.45) is 1.33. The Bertz CT molecular complexity index is 607. The molecule has 1 heterocycles. The van der Waals surface area contributed by atoms with E-state index in [0.29, 0.717) is 37.5 Å². The highest BCUT2D eigenvalue weighted by atomic mass is 79.9. The lowest BCUT2D eigenvalue weighted by Gasteiger charge is -2.10. The van der Waals surface area contributed by atoms with Crippen LogP contribution >= 0.6 is 39.1 Å². The molecule has 0 bridgehead atoms. The number of halogens is 3. The second-order valence-corrected chi connectivity index (χ2v) is 5.16. The van der Waals surface area contributed by atoms with Crippen LogP contribution in [0.25, 0.3) is 0 Å². The Kier molecular flexibility index (Phi) is 3.94. The fourth-order valence-corrected chi connectivity index (χ4v) is 2.07. The second kappa shape index (κ2) is 5.30. The summed E-state index contributed by atoms with van der Waals surface area (Å²) in [6, 6.07) is 3.25. The van der Waals surface area contributed by atoms with Gasteiger partial charge in [0.05, 0.1) is 15.6 Å². The Morgan fingerprint density at radius 3 is 2.67 bits per heavy atom. The number of hydrogen-bond acceptors (Lipinski definition) is 4. The van der Waals surface area contributed by atoms with Crippen molar-refractivity contribution in [2.24, 2.45) is 0 Å². The maximum absolute atomic E-state index is 6.06. The monoisotopic (exact) mass is 347 g/mol. The van der Waals surface area contributed by atoms with Crippen LogP contribution in [0.5, 0.6) is 11.6 Å². The van der Waals surface area contributed by atoms with Crippen molar-refractivity contribution in [1.82, 2.24) is 9.97 Å². The largest absolute Gasteiger partial charge is 0.437 e. The lowest BCUT2D eigenvalue weighted by atomic mass is 10.3. The van der Waals surface area contributed by atoms with Crippen molar-refractivity contribution in [3.63, 3.8) is 0 Å². The first kappa shape index (κ1) is 13.4. The summed E-state index contributed by atoms with van der Waals surface area (Å²) < 4.78 is 6.28. The molecule has 2 aromatic rings. The molecule has 0 unspecified atom stereocenters. The molecular weight excluding hydrogens is 341 g/mol. The maximum Gasteiger partial charge on any atom is 0.227 e. The molecule has 1 aromatic carbocycles. The molecule has 0 aliphatic rings. The van der Waals surface area contributed by atoms with Gasteiger partial charge in [-0.3, -0.25) is 0 Å². The van der Waals surface area contributed by atoms with E-state index in [0.717, 1.165) is 0 Å². The van der Waals surface area contributed by atoms with Crippen molar-refractivity contribution in [3.8, 4) is 11.6 Å². The number of nitrogen functional groups attached to an aromatic ring is 1. The van der Waals surface area contributed by atoms with E-state index < -0.39 is 0 Å². The van der Waals surface area contributed by atoms with E-state index in [-0.39, 0.29) is 0 Å². The highest BCUT2D eigenvalue weighted by Gasteiger charge is 2.11. The number of ether oxygens (including phenoxy) is 1. The van der Waals surface area contributed by atoms with Crippen LogP contribution in [-0.2, 0) is 0 Å². The minimum absolute atomic E-state index is 0.350. The number of aromatic nitrogens is 2. The van der Waals surface area contributed by atoms with E-state index in [1.807, 2.05) is 0 Å². The van der Waals surface area contributed by atoms with E-state index in [9.17, 15) is 0 Å². The summed E-state index contributed by atoms with van der Waals surface area (Å²) in [6.45, 7) is 1.76. The number of hydrogen-bond donors (Lipinski definition) is 1. The third kappa shape index (κ3) is 2.68. The zero-order chi connectivity index (χ0) is 13.3. The Morgan fingerprint density at radius 1 is 1.22 bits per heavy atom. The van der Waals surface area contributed by atoms with Gasteiger partial charge >= 0.3 is 0 Å². The molecule has 0 aliphatic carbocycles. The van der Waals surface area contributed by atoms with Crippen molar-refractivity contribution in [2.45, 2.75) is 6.92 Å². The van der Waals surface area contributed by atoms with Gasteiger partial charge in [-0.1, -0.05) is 23.2 Å². The quantitative estimate of drug-likeness (QED) is 0.825. The van der Waals surface area contributed by atoms with E-state index >= 15 is 0 Å². The lowest BCUT2D eigenvalue weighted by Crippen LogP contribution is -1.99. The van der Waals surface area contributed by atoms with Gasteiger partial charge in [-0.25, -0.2) is 9.97 Å². The number of nitrogens with two attached hydrogens (primary N) is 1. The topological polar surface area (TPSA) is 61.0 Å². The molecule has 0 radical (unpaired) electrons. The van der Waals surface area contributed by atoms with Gasteiger partial charge in [-0.15, -0.1) is 0 Å². The third-order valence-corrected chi connectivity index (χ3v) is 3.75. The highest BCUT2D eigenvalue weighted by Crippen LogP contribution is 2.36. The van der Waals surface area contributed by atoms with Crippen molar-refractivity contribution < 1.29 is 4.74 Å². The summed E-state index contributed by atoms with van der Waals surface area (Å²) in [4.78, 5) is 7.86. The maximum atomic E-state index is 6.06. The predicted molar refractivity (Wildman–Crippen MR) is 75.4 cm³/mol. The molecular formula is C11H8BrCl2N3O. The molecule has 18 heavy (non-hydrogen) atoms. The average molecular weight is 349 g/mol. The summed E-state index contributed by atoms with van der Waals surface area (Å²) in [7, 11) is 0. The number of nitrogens with zero attached hydrogens (tertiary/aromatic N) is 2. The van der Waals surface area contributed by atoms with Gasteiger partial charge in [-0.05, 0) is 28.9 Å². The fraction of sp³-hybridized carbons (Fsp3) is 0.0909. The van der Waals surface area contributed by atoms with Crippen LogP contribution in [0, 0.1) is 6.92 Å². The Hall–Kier alpha value is -1.04. The number of anilines is 1. The van der Waals surface area contributed by atoms with Crippen LogP contribution in [0.1, 0.15) is 5.56 Å². The fourth-order valence-electron chi connectivity index (χ4n) is 1.24.